The first kappa shape index (κ1) is 14.8. The van der Waals surface area contributed by atoms with Crippen LogP contribution in [0.2, 0.25) is 0 Å². The van der Waals surface area contributed by atoms with Crippen LogP contribution in [0.1, 0.15) is 39.3 Å². The monoisotopic (exact) mass is 247 g/mol. The van der Waals surface area contributed by atoms with Gasteiger partial charge in [0, 0.05) is 12.6 Å². The average molecular weight is 247 g/mol. The summed E-state index contributed by atoms with van der Waals surface area (Å²) in [5.41, 5.74) is 1.50. The lowest BCUT2D eigenvalue weighted by Gasteiger charge is -2.15. The van der Waals surface area contributed by atoms with Gasteiger partial charge in [0.05, 0.1) is 7.11 Å². The Morgan fingerprint density at radius 1 is 1.33 bits per heavy atom. The fourth-order valence-electron chi connectivity index (χ4n) is 1.69. The summed E-state index contributed by atoms with van der Waals surface area (Å²) in [4.78, 5) is 0. The van der Waals surface area contributed by atoms with Gasteiger partial charge >= 0.3 is 0 Å². The lowest BCUT2D eigenvalue weighted by atomic mass is 9.96. The number of hydrogen-bond donors (Lipinski definition) is 1. The van der Waals surface area contributed by atoms with E-state index in [-0.39, 0.29) is 5.41 Å². The van der Waals surface area contributed by atoms with E-state index in [0.717, 1.165) is 12.3 Å². The summed E-state index contributed by atoms with van der Waals surface area (Å²) in [6, 6.07) is 8.51. The van der Waals surface area contributed by atoms with E-state index in [1.165, 1.54) is 5.56 Å². The Bertz CT molecular complexity index is 390. The molecule has 0 aliphatic carbocycles. The summed E-state index contributed by atoms with van der Waals surface area (Å²) in [6.45, 7) is 9.66. The third kappa shape index (κ3) is 5.37. The molecule has 2 heteroatoms. The molecule has 0 bridgehead atoms. The molecule has 1 aromatic rings. The van der Waals surface area contributed by atoms with Crippen molar-refractivity contribution in [1.29, 1.82) is 0 Å². The van der Waals surface area contributed by atoms with E-state index < -0.39 is 0 Å². The van der Waals surface area contributed by atoms with Crippen molar-refractivity contribution in [3.63, 3.8) is 0 Å². The molecule has 0 saturated carbocycles. The summed E-state index contributed by atoms with van der Waals surface area (Å²) in [7, 11) is 1.70. The fourth-order valence-corrected chi connectivity index (χ4v) is 1.69. The molecule has 0 spiro atoms. The van der Waals surface area contributed by atoms with Crippen molar-refractivity contribution in [1.82, 2.24) is 5.32 Å². The van der Waals surface area contributed by atoms with E-state index in [1.54, 1.807) is 7.11 Å². The highest BCUT2D eigenvalue weighted by molar-refractivity contribution is 5.30. The maximum absolute atomic E-state index is 5.23. The Balaban J connectivity index is 2.50. The normalized spacial score (nSPS) is 13.8. The van der Waals surface area contributed by atoms with Crippen molar-refractivity contribution < 1.29 is 4.74 Å². The van der Waals surface area contributed by atoms with Gasteiger partial charge in [-0.1, -0.05) is 45.1 Å². The molecule has 2 nitrogen and oxygen atoms in total. The number of methoxy groups -OCH3 is 1. The molecule has 0 saturated heterocycles. The molecular weight excluding hydrogens is 222 g/mol. The average Bonchev–Trinajstić information content (AvgIpc) is 2.33. The molecule has 0 unspecified atom stereocenters. The highest BCUT2D eigenvalue weighted by Gasteiger charge is 2.05. The summed E-state index contributed by atoms with van der Waals surface area (Å²) >= 11 is 0. The highest BCUT2D eigenvalue weighted by Crippen LogP contribution is 2.18. The van der Waals surface area contributed by atoms with Gasteiger partial charge in [-0.2, -0.15) is 0 Å². The van der Waals surface area contributed by atoms with Crippen LogP contribution in [0, 0.1) is 5.41 Å². The van der Waals surface area contributed by atoms with Crippen LogP contribution in [0.4, 0.5) is 0 Å². The molecule has 0 radical (unpaired) electrons. The molecule has 1 atom stereocenters. The maximum atomic E-state index is 5.23. The lowest BCUT2D eigenvalue weighted by Crippen LogP contribution is -2.18. The Morgan fingerprint density at radius 3 is 2.67 bits per heavy atom. The van der Waals surface area contributed by atoms with Crippen LogP contribution >= 0.6 is 0 Å². The van der Waals surface area contributed by atoms with Crippen LogP contribution < -0.4 is 10.1 Å². The molecule has 0 amide bonds. The van der Waals surface area contributed by atoms with Crippen LogP contribution in [0.3, 0.4) is 0 Å². The molecular formula is C16H25NO. The summed E-state index contributed by atoms with van der Waals surface area (Å²) in [5.74, 6) is 0.909. The van der Waals surface area contributed by atoms with Crippen LogP contribution in [0.5, 0.6) is 5.75 Å². The van der Waals surface area contributed by atoms with Gasteiger partial charge in [-0.3, -0.25) is 0 Å². The van der Waals surface area contributed by atoms with Crippen LogP contribution in [0.25, 0.3) is 0 Å². The Morgan fingerprint density at radius 2 is 2.06 bits per heavy atom. The number of rotatable bonds is 5. The first-order valence-corrected chi connectivity index (χ1v) is 6.47. The SMILES string of the molecule is COc1cccc([C@@H](C)NC/C=C\C(C)(C)C)c1. The third-order valence-corrected chi connectivity index (χ3v) is 2.75. The lowest BCUT2D eigenvalue weighted by molar-refractivity contribution is 0.413. The molecule has 0 aromatic heterocycles. The number of benzene rings is 1. The smallest absolute Gasteiger partial charge is 0.119 e. The zero-order valence-electron chi connectivity index (χ0n) is 12.2. The molecule has 0 fully saturated rings. The first-order valence-electron chi connectivity index (χ1n) is 6.47. The second-order valence-electron chi connectivity index (χ2n) is 5.67. The standard InChI is InChI=1S/C16H25NO/c1-13(17-11-7-10-16(2,3)4)14-8-6-9-15(12-14)18-5/h6-10,12-13,17H,11H2,1-5H3/b10-7-/t13-/m1/s1. The molecule has 0 aliphatic rings. The minimum Gasteiger partial charge on any atom is -0.497 e. The van der Waals surface area contributed by atoms with E-state index >= 15 is 0 Å². The minimum absolute atomic E-state index is 0.251. The highest BCUT2D eigenvalue weighted by atomic mass is 16.5. The topological polar surface area (TPSA) is 21.3 Å². The Hall–Kier alpha value is -1.28. The quantitative estimate of drug-likeness (QED) is 0.796. The van der Waals surface area contributed by atoms with Gasteiger partial charge in [-0.05, 0) is 30.0 Å². The number of nitrogens with one attached hydrogen (secondary N) is 1. The Kier molecular flexibility index (Phi) is 5.42. The molecule has 0 aliphatic heterocycles. The first-order chi connectivity index (χ1) is 8.42. The second-order valence-corrected chi connectivity index (χ2v) is 5.67. The van der Waals surface area contributed by atoms with E-state index in [9.17, 15) is 0 Å². The Labute approximate surface area is 111 Å². The molecule has 18 heavy (non-hydrogen) atoms. The molecule has 0 heterocycles. The molecule has 100 valence electrons. The number of ether oxygens (including phenoxy) is 1. The van der Waals surface area contributed by atoms with E-state index in [4.69, 9.17) is 4.74 Å². The summed E-state index contributed by atoms with van der Waals surface area (Å²) in [5, 5.41) is 3.48. The van der Waals surface area contributed by atoms with Gasteiger partial charge in [-0.25, -0.2) is 0 Å². The van der Waals surface area contributed by atoms with Gasteiger partial charge in [0.1, 0.15) is 5.75 Å². The third-order valence-electron chi connectivity index (χ3n) is 2.75. The van der Waals surface area contributed by atoms with Gasteiger partial charge < -0.3 is 10.1 Å². The molecule has 1 N–H and O–H groups in total. The number of hydrogen-bond acceptors (Lipinski definition) is 2. The maximum Gasteiger partial charge on any atom is 0.119 e. The predicted molar refractivity (Wildman–Crippen MR) is 78.0 cm³/mol. The number of allylic oxidation sites excluding steroid dienone is 1. The summed E-state index contributed by atoms with van der Waals surface area (Å²) < 4.78 is 5.23. The summed E-state index contributed by atoms with van der Waals surface area (Å²) in [6.07, 6.45) is 4.43. The molecule has 1 rings (SSSR count). The van der Waals surface area contributed by atoms with Gasteiger partial charge in [0.15, 0.2) is 0 Å². The van der Waals surface area contributed by atoms with Gasteiger partial charge in [0.2, 0.25) is 0 Å². The van der Waals surface area contributed by atoms with Crippen molar-refractivity contribution in [2.45, 2.75) is 33.7 Å². The van der Waals surface area contributed by atoms with Crippen LogP contribution in [0.15, 0.2) is 36.4 Å². The zero-order valence-corrected chi connectivity index (χ0v) is 12.2. The fraction of sp³-hybridized carbons (Fsp3) is 0.500. The van der Waals surface area contributed by atoms with E-state index in [1.807, 2.05) is 12.1 Å². The van der Waals surface area contributed by atoms with Crippen molar-refractivity contribution in [3.05, 3.63) is 42.0 Å². The van der Waals surface area contributed by atoms with Crippen molar-refractivity contribution in [2.75, 3.05) is 13.7 Å². The van der Waals surface area contributed by atoms with Gasteiger partial charge in [0.25, 0.3) is 0 Å². The molecule has 1 aromatic carbocycles. The van der Waals surface area contributed by atoms with E-state index in [2.05, 4.69) is 57.3 Å². The predicted octanol–water partition coefficient (Wildman–Crippen LogP) is 3.95. The minimum atomic E-state index is 0.251. The van der Waals surface area contributed by atoms with Crippen molar-refractivity contribution >= 4 is 0 Å². The zero-order chi connectivity index (χ0) is 13.6. The van der Waals surface area contributed by atoms with Crippen molar-refractivity contribution in [3.8, 4) is 5.75 Å². The van der Waals surface area contributed by atoms with Gasteiger partial charge in [-0.15, -0.1) is 0 Å². The van der Waals surface area contributed by atoms with Crippen LogP contribution in [-0.4, -0.2) is 13.7 Å². The van der Waals surface area contributed by atoms with E-state index in [0.29, 0.717) is 6.04 Å². The van der Waals surface area contributed by atoms with Crippen molar-refractivity contribution in [2.24, 2.45) is 5.41 Å². The second kappa shape index (κ2) is 6.60. The van der Waals surface area contributed by atoms with Crippen LogP contribution in [-0.2, 0) is 0 Å². The largest absolute Gasteiger partial charge is 0.497 e.